The zero-order valence-corrected chi connectivity index (χ0v) is 15.0. The first-order chi connectivity index (χ1) is 12.5. The molecule has 0 bridgehead atoms. The summed E-state index contributed by atoms with van der Waals surface area (Å²) in [5.41, 5.74) is 0.305. The van der Waals surface area contributed by atoms with Gasteiger partial charge in [0.1, 0.15) is 5.82 Å². The Kier molecular flexibility index (Phi) is 5.61. The number of urea groups is 1. The van der Waals surface area contributed by atoms with Crippen LogP contribution in [0.25, 0.3) is 0 Å². The molecule has 0 aromatic heterocycles. The fraction of sp³-hybridized carbons (Fsp3) is 0.471. The number of benzene rings is 1. The van der Waals surface area contributed by atoms with Crippen molar-refractivity contribution in [2.75, 3.05) is 44.6 Å². The van der Waals surface area contributed by atoms with Gasteiger partial charge >= 0.3 is 17.8 Å². The van der Waals surface area contributed by atoms with Crippen LogP contribution in [0.3, 0.4) is 0 Å². The van der Waals surface area contributed by atoms with Crippen molar-refractivity contribution in [1.29, 1.82) is 0 Å². The largest absolute Gasteiger partial charge is 0.334 e. The summed E-state index contributed by atoms with van der Waals surface area (Å²) in [7, 11) is 0. The van der Waals surface area contributed by atoms with Crippen molar-refractivity contribution < 1.29 is 18.8 Å². The fourth-order valence-corrected chi connectivity index (χ4v) is 3.20. The minimum atomic E-state index is -0.611. The van der Waals surface area contributed by atoms with Crippen LogP contribution in [0, 0.1) is 5.82 Å². The van der Waals surface area contributed by atoms with E-state index in [9.17, 15) is 18.8 Å². The first-order valence-electron chi connectivity index (χ1n) is 8.55. The second kappa shape index (κ2) is 7.90. The molecule has 0 unspecified atom stereocenters. The summed E-state index contributed by atoms with van der Waals surface area (Å²) in [6.45, 7) is 2.46. The molecule has 0 saturated carbocycles. The second-order valence-electron chi connectivity index (χ2n) is 6.34. The van der Waals surface area contributed by atoms with Crippen molar-refractivity contribution in [2.45, 2.75) is 12.8 Å². The second-order valence-corrected chi connectivity index (χ2v) is 6.74. The van der Waals surface area contributed by atoms with E-state index in [0.717, 1.165) is 18.9 Å². The van der Waals surface area contributed by atoms with Crippen LogP contribution >= 0.6 is 11.6 Å². The minimum absolute atomic E-state index is 0.0159. The Bertz CT molecular complexity index is 716. The zero-order chi connectivity index (χ0) is 18.7. The van der Waals surface area contributed by atoms with Crippen LogP contribution in [0.2, 0.25) is 5.02 Å². The Balaban J connectivity index is 1.51. The molecule has 2 saturated heterocycles. The molecule has 3 rings (SSSR count). The number of piperazine rings is 1. The topological polar surface area (TPSA) is 73.0 Å². The maximum atomic E-state index is 13.4. The van der Waals surface area contributed by atoms with Crippen LogP contribution in [0.1, 0.15) is 12.8 Å². The molecule has 2 heterocycles. The molecule has 2 aliphatic rings. The van der Waals surface area contributed by atoms with Gasteiger partial charge < -0.3 is 20.0 Å². The van der Waals surface area contributed by atoms with Gasteiger partial charge in [-0.25, -0.2) is 9.18 Å². The van der Waals surface area contributed by atoms with Crippen molar-refractivity contribution >= 4 is 35.1 Å². The predicted octanol–water partition coefficient (Wildman–Crippen LogP) is 1.78. The summed E-state index contributed by atoms with van der Waals surface area (Å²) in [5.74, 6) is -1.58. The van der Waals surface area contributed by atoms with Gasteiger partial charge in [0.15, 0.2) is 0 Å². The number of hydrogen-bond donors (Lipinski definition) is 1. The molecule has 1 aromatic carbocycles. The molecule has 7 nitrogen and oxygen atoms in total. The lowest BCUT2D eigenvalue weighted by Crippen LogP contribution is -2.54. The van der Waals surface area contributed by atoms with E-state index in [1.54, 1.807) is 4.90 Å². The number of anilines is 1. The number of hydrogen-bond acceptors (Lipinski definition) is 3. The van der Waals surface area contributed by atoms with E-state index < -0.39 is 17.6 Å². The Morgan fingerprint density at radius 2 is 1.42 bits per heavy atom. The van der Waals surface area contributed by atoms with Crippen molar-refractivity contribution in [3.63, 3.8) is 0 Å². The average molecular weight is 383 g/mol. The van der Waals surface area contributed by atoms with E-state index in [0.29, 0.717) is 45.0 Å². The summed E-state index contributed by atoms with van der Waals surface area (Å²) in [6, 6.07) is 3.64. The van der Waals surface area contributed by atoms with Gasteiger partial charge in [0.2, 0.25) is 0 Å². The molecule has 1 aromatic rings. The van der Waals surface area contributed by atoms with Gasteiger partial charge in [0, 0.05) is 45.0 Å². The Morgan fingerprint density at radius 3 is 2.00 bits per heavy atom. The SMILES string of the molecule is O=C(Nc1ccc(Cl)c(F)c1)N1CCN(C(=O)C(=O)N2CCCC2)CC1. The summed E-state index contributed by atoms with van der Waals surface area (Å²) in [5, 5.41) is 2.59. The monoisotopic (exact) mass is 382 g/mol. The van der Waals surface area contributed by atoms with Gasteiger partial charge in [0.05, 0.1) is 5.02 Å². The number of nitrogens with one attached hydrogen (secondary N) is 1. The smallest absolute Gasteiger partial charge is 0.321 e. The highest BCUT2D eigenvalue weighted by Gasteiger charge is 2.31. The van der Waals surface area contributed by atoms with Gasteiger partial charge in [0.25, 0.3) is 0 Å². The first kappa shape index (κ1) is 18.4. The Morgan fingerprint density at radius 1 is 0.885 bits per heavy atom. The van der Waals surface area contributed by atoms with Crippen LogP contribution in [-0.4, -0.2) is 71.8 Å². The lowest BCUT2D eigenvalue weighted by atomic mass is 10.3. The molecule has 1 N–H and O–H groups in total. The van der Waals surface area contributed by atoms with Gasteiger partial charge in [-0.1, -0.05) is 11.6 Å². The molecule has 9 heteroatoms. The summed E-state index contributed by atoms with van der Waals surface area (Å²) in [4.78, 5) is 41.3. The van der Waals surface area contributed by atoms with Crippen molar-refractivity contribution in [3.05, 3.63) is 29.0 Å². The summed E-state index contributed by atoms with van der Waals surface area (Å²) >= 11 is 5.62. The number of likely N-dealkylation sites (tertiary alicyclic amines) is 1. The minimum Gasteiger partial charge on any atom is -0.334 e. The average Bonchev–Trinajstić information content (AvgIpc) is 3.18. The molecule has 0 aliphatic carbocycles. The highest BCUT2D eigenvalue weighted by molar-refractivity contribution is 6.35. The normalized spacial score (nSPS) is 17.4. The van der Waals surface area contributed by atoms with Crippen LogP contribution < -0.4 is 5.32 Å². The Labute approximate surface area is 155 Å². The third kappa shape index (κ3) is 4.07. The van der Waals surface area contributed by atoms with Crippen LogP contribution in [-0.2, 0) is 9.59 Å². The third-order valence-electron chi connectivity index (χ3n) is 4.60. The van der Waals surface area contributed by atoms with Gasteiger partial charge in [-0.3, -0.25) is 9.59 Å². The van der Waals surface area contributed by atoms with Crippen molar-refractivity contribution in [3.8, 4) is 0 Å². The van der Waals surface area contributed by atoms with Gasteiger partial charge in [-0.2, -0.15) is 0 Å². The third-order valence-corrected chi connectivity index (χ3v) is 4.91. The van der Waals surface area contributed by atoms with Crippen LogP contribution in [0.5, 0.6) is 0 Å². The molecule has 2 aliphatic heterocycles. The standard InChI is InChI=1S/C17H20ClFN4O3/c18-13-4-3-12(11-14(13)19)20-17(26)23-9-7-22(8-10-23)16(25)15(24)21-5-1-2-6-21/h3-4,11H,1-2,5-10H2,(H,20,26). The highest BCUT2D eigenvalue weighted by atomic mass is 35.5. The Hall–Kier alpha value is -2.35. The molecular weight excluding hydrogens is 363 g/mol. The quantitative estimate of drug-likeness (QED) is 0.752. The van der Waals surface area contributed by atoms with E-state index in [2.05, 4.69) is 5.32 Å². The van der Waals surface area contributed by atoms with Gasteiger partial charge in [-0.05, 0) is 31.0 Å². The summed E-state index contributed by atoms with van der Waals surface area (Å²) < 4.78 is 13.4. The number of nitrogens with zero attached hydrogens (tertiary/aromatic N) is 3. The maximum absolute atomic E-state index is 13.4. The molecule has 0 radical (unpaired) electrons. The van der Waals surface area contributed by atoms with E-state index in [4.69, 9.17) is 11.6 Å². The first-order valence-corrected chi connectivity index (χ1v) is 8.92. The van der Waals surface area contributed by atoms with Crippen molar-refractivity contribution in [2.24, 2.45) is 0 Å². The van der Waals surface area contributed by atoms with Gasteiger partial charge in [-0.15, -0.1) is 0 Å². The molecule has 26 heavy (non-hydrogen) atoms. The number of rotatable bonds is 1. The highest BCUT2D eigenvalue weighted by Crippen LogP contribution is 2.19. The molecule has 0 atom stereocenters. The molecular formula is C17H20ClFN4O3. The number of halogens is 2. The zero-order valence-electron chi connectivity index (χ0n) is 14.2. The molecule has 140 valence electrons. The predicted molar refractivity (Wildman–Crippen MR) is 94.4 cm³/mol. The van der Waals surface area contributed by atoms with Crippen LogP contribution in [0.4, 0.5) is 14.9 Å². The molecule has 4 amide bonds. The lowest BCUT2D eigenvalue weighted by Gasteiger charge is -2.34. The van der Waals surface area contributed by atoms with Crippen molar-refractivity contribution in [1.82, 2.24) is 14.7 Å². The van der Waals surface area contributed by atoms with E-state index in [1.165, 1.54) is 21.9 Å². The molecule has 2 fully saturated rings. The van der Waals surface area contributed by atoms with E-state index >= 15 is 0 Å². The maximum Gasteiger partial charge on any atom is 0.321 e. The molecule has 0 spiro atoms. The fourth-order valence-electron chi connectivity index (χ4n) is 3.08. The summed E-state index contributed by atoms with van der Waals surface area (Å²) in [6.07, 6.45) is 1.86. The van der Waals surface area contributed by atoms with E-state index in [1.807, 2.05) is 0 Å². The van der Waals surface area contributed by atoms with E-state index in [-0.39, 0.29) is 11.1 Å². The number of carbonyl (C=O) groups is 3. The lowest BCUT2D eigenvalue weighted by molar-refractivity contribution is -0.152. The van der Waals surface area contributed by atoms with Crippen LogP contribution in [0.15, 0.2) is 18.2 Å². The number of carbonyl (C=O) groups excluding carboxylic acids is 3. The number of amides is 4.